The lowest BCUT2D eigenvalue weighted by Gasteiger charge is -2.18. The Balaban J connectivity index is 1.70. The Labute approximate surface area is 152 Å². The summed E-state index contributed by atoms with van der Waals surface area (Å²) >= 11 is 0. The van der Waals surface area contributed by atoms with Crippen LogP contribution in [0.5, 0.6) is 11.5 Å². The number of methoxy groups -OCH3 is 1. The molecule has 0 spiro atoms. The molecule has 1 amide bonds. The minimum Gasteiger partial charge on any atom is -0.496 e. The Morgan fingerprint density at radius 1 is 1.19 bits per heavy atom. The zero-order chi connectivity index (χ0) is 18.5. The van der Waals surface area contributed by atoms with Gasteiger partial charge in [0.2, 0.25) is 0 Å². The third-order valence-electron chi connectivity index (χ3n) is 4.50. The van der Waals surface area contributed by atoms with E-state index in [1.807, 2.05) is 29.2 Å². The number of ether oxygens (including phenoxy) is 2. The average molecular weight is 355 g/mol. The van der Waals surface area contributed by atoms with Crippen molar-refractivity contribution in [3.05, 3.63) is 59.7 Å². The zero-order valence-electron chi connectivity index (χ0n) is 14.6. The van der Waals surface area contributed by atoms with Crippen molar-refractivity contribution in [1.29, 1.82) is 0 Å². The summed E-state index contributed by atoms with van der Waals surface area (Å²) in [7, 11) is 1.65. The van der Waals surface area contributed by atoms with Gasteiger partial charge in [0, 0.05) is 24.6 Å². The molecule has 0 saturated carbocycles. The number of benzene rings is 2. The van der Waals surface area contributed by atoms with E-state index < -0.39 is 12.6 Å². The molecule has 0 bridgehead atoms. The van der Waals surface area contributed by atoms with Crippen LogP contribution in [0.2, 0.25) is 0 Å². The van der Waals surface area contributed by atoms with Gasteiger partial charge >= 0.3 is 5.97 Å². The average Bonchev–Trinajstić information content (AvgIpc) is 3.16. The summed E-state index contributed by atoms with van der Waals surface area (Å²) in [6.07, 6.45) is 0.876. The summed E-state index contributed by atoms with van der Waals surface area (Å²) < 4.78 is 10.6. The van der Waals surface area contributed by atoms with E-state index in [0.717, 1.165) is 17.7 Å². The number of carbonyl (C=O) groups excluding carboxylic acids is 1. The van der Waals surface area contributed by atoms with Crippen molar-refractivity contribution in [1.82, 2.24) is 4.90 Å². The first-order valence-corrected chi connectivity index (χ1v) is 8.45. The predicted octanol–water partition coefficient (Wildman–Crippen LogP) is 2.79. The molecule has 6 nitrogen and oxygen atoms in total. The minimum atomic E-state index is -1.05. The van der Waals surface area contributed by atoms with Gasteiger partial charge in [-0.2, -0.15) is 0 Å². The minimum absolute atomic E-state index is 0.0804. The number of hydrogen-bond donors (Lipinski definition) is 1. The smallest absolute Gasteiger partial charge is 0.341 e. The number of carboxylic acid groups (broad SMARTS) is 1. The van der Waals surface area contributed by atoms with Crippen LogP contribution in [0, 0.1) is 0 Å². The number of carbonyl (C=O) groups is 2. The van der Waals surface area contributed by atoms with Gasteiger partial charge in [0.25, 0.3) is 5.91 Å². The largest absolute Gasteiger partial charge is 0.496 e. The van der Waals surface area contributed by atoms with Gasteiger partial charge in [0.1, 0.15) is 11.5 Å². The van der Waals surface area contributed by atoms with Crippen molar-refractivity contribution in [3.8, 4) is 11.5 Å². The highest BCUT2D eigenvalue weighted by Gasteiger charge is 2.29. The second-order valence-corrected chi connectivity index (χ2v) is 6.19. The maximum atomic E-state index is 12.8. The Hall–Kier alpha value is -3.02. The number of rotatable bonds is 6. The third-order valence-corrected chi connectivity index (χ3v) is 4.50. The van der Waals surface area contributed by atoms with Crippen LogP contribution in [0.1, 0.15) is 28.3 Å². The van der Waals surface area contributed by atoms with Crippen molar-refractivity contribution in [2.75, 3.05) is 26.8 Å². The molecule has 2 aromatic carbocycles. The topological polar surface area (TPSA) is 76.1 Å². The molecule has 1 saturated heterocycles. The molecule has 1 heterocycles. The highest BCUT2D eigenvalue weighted by Crippen LogP contribution is 2.34. The van der Waals surface area contributed by atoms with Crippen LogP contribution in [0.3, 0.4) is 0 Å². The fourth-order valence-electron chi connectivity index (χ4n) is 3.25. The van der Waals surface area contributed by atoms with Gasteiger partial charge in [0.05, 0.1) is 7.11 Å². The molecule has 6 heteroatoms. The van der Waals surface area contributed by atoms with Gasteiger partial charge in [-0.05, 0) is 36.2 Å². The first-order chi connectivity index (χ1) is 12.6. The molecule has 0 aromatic heterocycles. The normalized spacial score (nSPS) is 16.3. The molecule has 2 aromatic rings. The first kappa shape index (κ1) is 17.8. The van der Waals surface area contributed by atoms with Crippen molar-refractivity contribution in [2.24, 2.45) is 0 Å². The lowest BCUT2D eigenvalue weighted by atomic mass is 9.97. The van der Waals surface area contributed by atoms with E-state index in [1.54, 1.807) is 31.4 Å². The van der Waals surface area contributed by atoms with Gasteiger partial charge in [-0.15, -0.1) is 0 Å². The van der Waals surface area contributed by atoms with Gasteiger partial charge in [0.15, 0.2) is 6.61 Å². The highest BCUT2D eigenvalue weighted by molar-refractivity contribution is 5.94. The number of para-hydroxylation sites is 1. The molecule has 3 rings (SSSR count). The van der Waals surface area contributed by atoms with E-state index in [9.17, 15) is 9.59 Å². The number of nitrogens with zero attached hydrogens (tertiary/aromatic N) is 1. The van der Waals surface area contributed by atoms with Gasteiger partial charge in [-0.1, -0.05) is 24.3 Å². The van der Waals surface area contributed by atoms with Gasteiger partial charge in [-0.25, -0.2) is 4.79 Å². The lowest BCUT2D eigenvalue weighted by molar-refractivity contribution is -0.139. The second kappa shape index (κ2) is 7.91. The van der Waals surface area contributed by atoms with Crippen molar-refractivity contribution < 1.29 is 24.2 Å². The first-order valence-electron chi connectivity index (χ1n) is 8.45. The van der Waals surface area contributed by atoms with Gasteiger partial charge < -0.3 is 19.5 Å². The maximum absolute atomic E-state index is 12.8. The van der Waals surface area contributed by atoms with Crippen molar-refractivity contribution in [2.45, 2.75) is 12.3 Å². The summed E-state index contributed by atoms with van der Waals surface area (Å²) in [5, 5.41) is 8.70. The zero-order valence-corrected chi connectivity index (χ0v) is 14.6. The third kappa shape index (κ3) is 3.96. The number of likely N-dealkylation sites (tertiary alicyclic amines) is 1. The van der Waals surface area contributed by atoms with E-state index in [0.29, 0.717) is 24.4 Å². The van der Waals surface area contributed by atoms with Crippen LogP contribution in [-0.4, -0.2) is 48.7 Å². The quantitative estimate of drug-likeness (QED) is 0.862. The molecular weight excluding hydrogens is 334 g/mol. The van der Waals surface area contributed by atoms with Crippen LogP contribution >= 0.6 is 0 Å². The Bertz CT molecular complexity index is 804. The Morgan fingerprint density at radius 3 is 2.77 bits per heavy atom. The Kier molecular flexibility index (Phi) is 5.41. The molecule has 1 fully saturated rings. The van der Waals surface area contributed by atoms with Gasteiger partial charge in [-0.3, -0.25) is 4.79 Å². The molecule has 1 aliphatic heterocycles. The molecule has 1 unspecified atom stereocenters. The van der Waals surface area contributed by atoms with E-state index in [4.69, 9.17) is 14.6 Å². The van der Waals surface area contributed by atoms with Crippen LogP contribution in [0.25, 0.3) is 0 Å². The number of aliphatic carboxylic acids is 1. The fraction of sp³-hybridized carbons (Fsp3) is 0.300. The Morgan fingerprint density at radius 2 is 2.00 bits per heavy atom. The van der Waals surface area contributed by atoms with Crippen LogP contribution in [0.4, 0.5) is 0 Å². The lowest BCUT2D eigenvalue weighted by Crippen LogP contribution is -2.28. The molecule has 136 valence electrons. The van der Waals surface area contributed by atoms with E-state index >= 15 is 0 Å². The number of carboxylic acids is 1. The summed E-state index contributed by atoms with van der Waals surface area (Å²) in [5.41, 5.74) is 1.61. The molecule has 26 heavy (non-hydrogen) atoms. The summed E-state index contributed by atoms with van der Waals surface area (Å²) in [5.74, 6) is 0.320. The summed E-state index contributed by atoms with van der Waals surface area (Å²) in [6, 6.07) is 14.5. The predicted molar refractivity (Wildman–Crippen MR) is 95.8 cm³/mol. The van der Waals surface area contributed by atoms with Crippen molar-refractivity contribution >= 4 is 11.9 Å². The molecular formula is C20H21NO5. The SMILES string of the molecule is COc1ccccc1C1CCN(C(=O)c2cccc(OCC(=O)O)c2)C1. The molecule has 0 radical (unpaired) electrons. The number of amides is 1. The summed E-state index contributed by atoms with van der Waals surface area (Å²) in [6.45, 7) is 0.860. The second-order valence-electron chi connectivity index (χ2n) is 6.19. The monoisotopic (exact) mass is 355 g/mol. The standard InChI is InChI=1S/C20H21NO5/c1-25-18-8-3-2-7-17(18)15-9-10-21(12-15)20(24)14-5-4-6-16(11-14)26-13-19(22)23/h2-8,11,15H,9-10,12-13H2,1H3,(H,22,23). The molecule has 1 N–H and O–H groups in total. The summed E-state index contributed by atoms with van der Waals surface area (Å²) in [4.78, 5) is 25.2. The fourth-order valence-corrected chi connectivity index (χ4v) is 3.25. The van der Waals surface area contributed by atoms with E-state index in [-0.39, 0.29) is 11.8 Å². The highest BCUT2D eigenvalue weighted by atomic mass is 16.5. The number of hydrogen-bond acceptors (Lipinski definition) is 4. The molecule has 1 atom stereocenters. The molecule has 0 aliphatic carbocycles. The van der Waals surface area contributed by atoms with Crippen LogP contribution < -0.4 is 9.47 Å². The molecule has 1 aliphatic rings. The maximum Gasteiger partial charge on any atom is 0.341 e. The van der Waals surface area contributed by atoms with Crippen molar-refractivity contribution in [3.63, 3.8) is 0 Å². The van der Waals surface area contributed by atoms with E-state index in [1.165, 1.54) is 0 Å². The van der Waals surface area contributed by atoms with E-state index in [2.05, 4.69) is 0 Å². The van der Waals surface area contributed by atoms with Crippen LogP contribution in [0.15, 0.2) is 48.5 Å². The van der Waals surface area contributed by atoms with Crippen LogP contribution in [-0.2, 0) is 4.79 Å².